The van der Waals surface area contributed by atoms with E-state index >= 15 is 0 Å². The molecule has 2 heterocycles. The lowest BCUT2D eigenvalue weighted by Crippen LogP contribution is -1.83. The molecule has 0 aliphatic carbocycles. The molecule has 0 fully saturated rings. The second-order valence-electron chi connectivity index (χ2n) is 2.68. The lowest BCUT2D eigenvalue weighted by molar-refractivity contribution is 1.07. The number of pyridine rings is 1. The van der Waals surface area contributed by atoms with Gasteiger partial charge >= 0.3 is 0 Å². The summed E-state index contributed by atoms with van der Waals surface area (Å²) in [5.74, 6) is 0. The Labute approximate surface area is 79.4 Å². The van der Waals surface area contributed by atoms with E-state index in [1.165, 1.54) is 5.52 Å². The number of fused-ring (bicyclic) bond motifs is 1. The molecule has 0 amide bonds. The summed E-state index contributed by atoms with van der Waals surface area (Å²) in [6.07, 6.45) is 4.83. The molecule has 2 aromatic heterocycles. The average Bonchev–Trinajstić information content (AvgIpc) is 2.46. The highest BCUT2D eigenvalue weighted by atomic mass is 79.9. The summed E-state index contributed by atoms with van der Waals surface area (Å²) in [5, 5.41) is 0. The zero-order valence-electron chi connectivity index (χ0n) is 6.79. The predicted octanol–water partition coefficient (Wildman–Crippen LogP) is 2.66. The van der Waals surface area contributed by atoms with Gasteiger partial charge in [-0.25, -0.2) is 4.98 Å². The fraction of sp³-hybridized carbons (Fsp3) is 0.222. The average molecular weight is 225 g/mol. The van der Waals surface area contributed by atoms with E-state index in [0.717, 1.165) is 16.6 Å². The van der Waals surface area contributed by atoms with Crippen LogP contribution in [0.15, 0.2) is 29.1 Å². The Morgan fingerprint density at radius 1 is 1.58 bits per heavy atom. The third-order valence-electron chi connectivity index (χ3n) is 1.92. The minimum absolute atomic E-state index is 0.979. The highest BCUT2D eigenvalue weighted by molar-refractivity contribution is 9.10. The van der Waals surface area contributed by atoms with Crippen molar-refractivity contribution in [2.24, 2.45) is 0 Å². The zero-order chi connectivity index (χ0) is 8.55. The molecule has 2 rings (SSSR count). The van der Waals surface area contributed by atoms with Crippen molar-refractivity contribution in [2.45, 2.75) is 13.3 Å². The number of aryl methyl sites for hydroxylation is 1. The van der Waals surface area contributed by atoms with Crippen LogP contribution in [-0.4, -0.2) is 9.38 Å². The van der Waals surface area contributed by atoms with Crippen molar-refractivity contribution >= 4 is 21.4 Å². The van der Waals surface area contributed by atoms with E-state index in [1.807, 2.05) is 23.0 Å². The van der Waals surface area contributed by atoms with E-state index in [9.17, 15) is 0 Å². The fourth-order valence-corrected chi connectivity index (χ4v) is 1.62. The van der Waals surface area contributed by atoms with Crippen molar-refractivity contribution in [1.82, 2.24) is 9.38 Å². The largest absolute Gasteiger partial charge is 0.306 e. The van der Waals surface area contributed by atoms with Gasteiger partial charge in [-0.1, -0.05) is 22.9 Å². The van der Waals surface area contributed by atoms with Crippen LogP contribution < -0.4 is 0 Å². The third-order valence-corrected chi connectivity index (χ3v) is 2.41. The van der Waals surface area contributed by atoms with Crippen LogP contribution >= 0.6 is 15.9 Å². The lowest BCUT2D eigenvalue weighted by Gasteiger charge is -1.95. The summed E-state index contributed by atoms with van der Waals surface area (Å²) < 4.78 is 3.13. The molecule has 2 aromatic rings. The van der Waals surface area contributed by atoms with Crippen LogP contribution in [0.5, 0.6) is 0 Å². The first-order valence-corrected chi connectivity index (χ1v) is 4.71. The molecule has 62 valence electrons. The van der Waals surface area contributed by atoms with Crippen LogP contribution in [0.3, 0.4) is 0 Å². The summed E-state index contributed by atoms with van der Waals surface area (Å²) in [6.45, 7) is 2.11. The number of halogens is 1. The number of hydrogen-bond donors (Lipinski definition) is 0. The molecule has 0 saturated heterocycles. The minimum Gasteiger partial charge on any atom is -0.306 e. The van der Waals surface area contributed by atoms with Crippen LogP contribution in [0.1, 0.15) is 12.6 Å². The van der Waals surface area contributed by atoms with E-state index in [2.05, 4.69) is 33.9 Å². The van der Waals surface area contributed by atoms with Gasteiger partial charge in [0.15, 0.2) is 0 Å². The molecule has 0 aliphatic heterocycles. The summed E-state index contributed by atoms with van der Waals surface area (Å²) in [7, 11) is 0. The van der Waals surface area contributed by atoms with Crippen molar-refractivity contribution in [2.75, 3.05) is 0 Å². The maximum atomic E-state index is 4.30. The second kappa shape index (κ2) is 2.90. The summed E-state index contributed by atoms with van der Waals surface area (Å²) in [6, 6.07) is 4.10. The Balaban J connectivity index is 2.75. The van der Waals surface area contributed by atoms with Gasteiger partial charge in [0.05, 0.1) is 17.5 Å². The molecule has 0 saturated carbocycles. The molecule has 0 N–H and O–H groups in total. The third kappa shape index (κ3) is 1.14. The minimum atomic E-state index is 0.979. The molecule has 0 radical (unpaired) electrons. The number of rotatable bonds is 1. The van der Waals surface area contributed by atoms with Gasteiger partial charge < -0.3 is 4.40 Å². The maximum absolute atomic E-state index is 4.30. The van der Waals surface area contributed by atoms with Crippen LogP contribution in [-0.2, 0) is 6.42 Å². The van der Waals surface area contributed by atoms with Gasteiger partial charge in [-0.2, -0.15) is 0 Å². The number of imidazole rings is 1. The van der Waals surface area contributed by atoms with Gasteiger partial charge in [0.1, 0.15) is 0 Å². The van der Waals surface area contributed by atoms with Gasteiger partial charge in [0.25, 0.3) is 0 Å². The van der Waals surface area contributed by atoms with E-state index in [4.69, 9.17) is 0 Å². The van der Waals surface area contributed by atoms with Crippen molar-refractivity contribution in [3.8, 4) is 0 Å². The summed E-state index contributed by atoms with van der Waals surface area (Å²) >= 11 is 3.44. The van der Waals surface area contributed by atoms with Crippen molar-refractivity contribution in [3.63, 3.8) is 0 Å². The maximum Gasteiger partial charge on any atom is 0.0995 e. The van der Waals surface area contributed by atoms with Gasteiger partial charge in [-0.3, -0.25) is 0 Å². The topological polar surface area (TPSA) is 17.3 Å². The Hall–Kier alpha value is -0.830. The van der Waals surface area contributed by atoms with Gasteiger partial charge in [-0.05, 0) is 18.6 Å². The van der Waals surface area contributed by atoms with Crippen LogP contribution in [0.2, 0.25) is 0 Å². The molecule has 0 aliphatic rings. The molecule has 0 spiro atoms. The highest BCUT2D eigenvalue weighted by Gasteiger charge is 2.00. The van der Waals surface area contributed by atoms with Gasteiger partial charge in [0.2, 0.25) is 0 Å². The van der Waals surface area contributed by atoms with Gasteiger partial charge in [-0.15, -0.1) is 0 Å². The monoisotopic (exact) mass is 224 g/mol. The highest BCUT2D eigenvalue weighted by Crippen LogP contribution is 2.16. The van der Waals surface area contributed by atoms with E-state index in [1.54, 1.807) is 0 Å². The first-order chi connectivity index (χ1) is 5.81. The Morgan fingerprint density at radius 3 is 3.17 bits per heavy atom. The quantitative estimate of drug-likeness (QED) is 0.729. The van der Waals surface area contributed by atoms with Crippen LogP contribution in [0, 0.1) is 0 Å². The number of nitrogens with zero attached hydrogens (tertiary/aromatic N) is 2. The Bertz CT molecular complexity index is 406. The first-order valence-electron chi connectivity index (χ1n) is 3.92. The Morgan fingerprint density at radius 2 is 2.42 bits per heavy atom. The smallest absolute Gasteiger partial charge is 0.0995 e. The molecule has 12 heavy (non-hydrogen) atoms. The van der Waals surface area contributed by atoms with Crippen molar-refractivity contribution < 1.29 is 0 Å². The van der Waals surface area contributed by atoms with Gasteiger partial charge in [0, 0.05) is 10.7 Å². The van der Waals surface area contributed by atoms with Crippen LogP contribution in [0.4, 0.5) is 0 Å². The first kappa shape index (κ1) is 7.80. The summed E-state index contributed by atoms with van der Waals surface area (Å²) in [5.41, 5.74) is 2.34. The molecule has 0 bridgehead atoms. The van der Waals surface area contributed by atoms with E-state index < -0.39 is 0 Å². The zero-order valence-corrected chi connectivity index (χ0v) is 8.37. The van der Waals surface area contributed by atoms with E-state index in [0.29, 0.717) is 0 Å². The van der Waals surface area contributed by atoms with Crippen molar-refractivity contribution in [1.29, 1.82) is 0 Å². The number of aromatic nitrogens is 2. The molecule has 0 unspecified atom stereocenters. The summed E-state index contributed by atoms with van der Waals surface area (Å²) in [4.78, 5) is 4.30. The molecule has 0 aromatic carbocycles. The standard InChI is InChI=1S/C9H9BrN2/c1-2-8-9-5-7(10)3-4-12(9)6-11-8/h3-6H,2H2,1H3. The molecule has 3 heteroatoms. The van der Waals surface area contributed by atoms with Crippen LogP contribution in [0.25, 0.3) is 5.52 Å². The molecular formula is C9H9BrN2. The second-order valence-corrected chi connectivity index (χ2v) is 3.60. The predicted molar refractivity (Wildman–Crippen MR) is 52.3 cm³/mol. The van der Waals surface area contributed by atoms with E-state index in [-0.39, 0.29) is 0 Å². The fourth-order valence-electron chi connectivity index (χ4n) is 1.29. The SMILES string of the molecule is CCc1ncn2ccc(Br)cc12. The lowest BCUT2D eigenvalue weighted by atomic mass is 10.3. The number of hydrogen-bond acceptors (Lipinski definition) is 1. The molecule has 2 nitrogen and oxygen atoms in total. The van der Waals surface area contributed by atoms with Crippen molar-refractivity contribution in [3.05, 3.63) is 34.8 Å². The normalized spacial score (nSPS) is 10.8. The Kier molecular flexibility index (Phi) is 1.89. The molecule has 0 atom stereocenters. The molecular weight excluding hydrogens is 216 g/mol.